The average Bonchev–Trinajstić information content (AvgIpc) is 2.82. The van der Waals surface area contributed by atoms with Gasteiger partial charge in [-0.2, -0.15) is 0 Å². The van der Waals surface area contributed by atoms with Crippen molar-refractivity contribution >= 4 is 29.3 Å². The van der Waals surface area contributed by atoms with Crippen molar-refractivity contribution < 1.29 is 9.59 Å². The summed E-state index contributed by atoms with van der Waals surface area (Å²) in [5.74, 6) is -0.712. The molecule has 0 saturated carbocycles. The van der Waals surface area contributed by atoms with Crippen LogP contribution >= 0.6 is 0 Å². The van der Waals surface area contributed by atoms with Crippen LogP contribution in [0.5, 0.6) is 0 Å². The highest BCUT2D eigenvalue weighted by Crippen LogP contribution is 2.18. The van der Waals surface area contributed by atoms with Gasteiger partial charge in [0.25, 0.3) is 11.8 Å². The minimum Gasteiger partial charge on any atom is -0.372 e. The number of amides is 2. The smallest absolute Gasteiger partial charge is 0.272 e. The van der Waals surface area contributed by atoms with Gasteiger partial charge < -0.3 is 15.5 Å². The number of hydrogen-bond acceptors (Lipinski definition) is 3. The molecule has 0 spiro atoms. The van der Waals surface area contributed by atoms with Crippen LogP contribution in [0.15, 0.2) is 78.5 Å². The number of hydrogen-bond donors (Lipinski definition) is 2. The first-order chi connectivity index (χ1) is 15.9. The molecule has 2 N–H and O–H groups in total. The van der Waals surface area contributed by atoms with Crippen molar-refractivity contribution in [2.75, 3.05) is 23.3 Å². The summed E-state index contributed by atoms with van der Waals surface area (Å²) in [6.45, 7) is 9.98. The Balaban J connectivity index is 1.89. The monoisotopic (exact) mass is 441 g/mol. The van der Waals surface area contributed by atoms with Crippen LogP contribution in [0.4, 0.5) is 11.4 Å². The van der Waals surface area contributed by atoms with Gasteiger partial charge in [-0.05, 0) is 75.7 Å². The molecule has 0 fully saturated rings. The Morgan fingerprint density at radius 2 is 1.52 bits per heavy atom. The third kappa shape index (κ3) is 6.56. The quantitative estimate of drug-likeness (QED) is 0.450. The molecule has 5 nitrogen and oxygen atoms in total. The molecule has 0 aromatic heterocycles. The molecule has 3 rings (SSSR count). The highest BCUT2D eigenvalue weighted by atomic mass is 16.2. The second-order valence-corrected chi connectivity index (χ2v) is 7.97. The minimum absolute atomic E-state index is 0.178. The molecule has 0 heterocycles. The second-order valence-electron chi connectivity index (χ2n) is 7.97. The lowest BCUT2D eigenvalue weighted by Gasteiger charge is -2.21. The molecule has 0 radical (unpaired) electrons. The van der Waals surface area contributed by atoms with Gasteiger partial charge >= 0.3 is 0 Å². The van der Waals surface area contributed by atoms with Crippen molar-refractivity contribution in [3.63, 3.8) is 0 Å². The molecule has 0 saturated heterocycles. The first kappa shape index (κ1) is 23.8. The molecule has 0 unspecified atom stereocenters. The first-order valence-electron chi connectivity index (χ1n) is 11.2. The summed E-state index contributed by atoms with van der Waals surface area (Å²) < 4.78 is 0. The molecule has 170 valence electrons. The molecular formula is C28H31N3O2. The maximum absolute atomic E-state index is 13.1. The van der Waals surface area contributed by atoms with Crippen LogP contribution < -0.4 is 15.5 Å². The molecule has 2 amide bonds. The van der Waals surface area contributed by atoms with Gasteiger partial charge in [0.05, 0.1) is 0 Å². The number of rotatable bonds is 8. The van der Waals surface area contributed by atoms with Crippen LogP contribution in [0.2, 0.25) is 0 Å². The van der Waals surface area contributed by atoms with E-state index in [0.717, 1.165) is 35.5 Å². The van der Waals surface area contributed by atoms with E-state index in [1.165, 1.54) is 0 Å². The van der Waals surface area contributed by atoms with E-state index in [1.54, 1.807) is 18.2 Å². The van der Waals surface area contributed by atoms with Gasteiger partial charge in [-0.3, -0.25) is 9.59 Å². The normalized spacial score (nSPS) is 11.1. The maximum atomic E-state index is 13.1. The Hall–Kier alpha value is -3.86. The van der Waals surface area contributed by atoms with Gasteiger partial charge in [-0.15, -0.1) is 0 Å². The minimum atomic E-state index is -0.382. The fourth-order valence-corrected chi connectivity index (χ4v) is 3.51. The van der Waals surface area contributed by atoms with E-state index in [-0.39, 0.29) is 17.5 Å². The lowest BCUT2D eigenvalue weighted by atomic mass is 10.1. The largest absolute Gasteiger partial charge is 0.372 e. The number of carbonyl (C=O) groups is 2. The fourth-order valence-electron chi connectivity index (χ4n) is 3.51. The van der Waals surface area contributed by atoms with Crippen LogP contribution in [-0.2, 0) is 4.79 Å². The third-order valence-corrected chi connectivity index (χ3v) is 5.42. The summed E-state index contributed by atoms with van der Waals surface area (Å²) in [5, 5.41) is 5.68. The van der Waals surface area contributed by atoms with E-state index in [1.807, 2.05) is 74.5 Å². The van der Waals surface area contributed by atoms with Crippen molar-refractivity contribution in [1.82, 2.24) is 5.32 Å². The zero-order valence-corrected chi connectivity index (χ0v) is 19.7. The Bertz CT molecular complexity index is 1130. The number of aryl methyl sites for hydroxylation is 2. The van der Waals surface area contributed by atoms with Gasteiger partial charge in [-0.1, -0.05) is 47.5 Å². The van der Waals surface area contributed by atoms with Gasteiger partial charge in [0.1, 0.15) is 5.70 Å². The van der Waals surface area contributed by atoms with E-state index in [2.05, 4.69) is 29.4 Å². The molecule has 3 aromatic carbocycles. The molecule has 33 heavy (non-hydrogen) atoms. The van der Waals surface area contributed by atoms with Crippen molar-refractivity contribution in [3.05, 3.63) is 101 Å². The molecule has 0 atom stereocenters. The van der Waals surface area contributed by atoms with Crippen molar-refractivity contribution in [1.29, 1.82) is 0 Å². The number of carbonyl (C=O) groups excluding carboxylic acids is 2. The van der Waals surface area contributed by atoms with Crippen LogP contribution in [-0.4, -0.2) is 24.9 Å². The SMILES string of the molecule is CCN(CC)c1ccc(/C=C(\NC(=O)c2cccc(C)c2)C(=O)Nc2ccc(C)cc2)cc1. The number of nitrogens with one attached hydrogen (secondary N) is 2. The van der Waals surface area contributed by atoms with Gasteiger partial charge in [0.2, 0.25) is 0 Å². The van der Waals surface area contributed by atoms with E-state index in [9.17, 15) is 9.59 Å². The summed E-state index contributed by atoms with van der Waals surface area (Å²) in [6.07, 6.45) is 1.70. The Kier molecular flexibility index (Phi) is 8.03. The standard InChI is InChI=1S/C28H31N3O2/c1-5-31(6-2)25-16-12-22(13-17-25)19-26(28(33)29-24-14-10-20(3)11-15-24)30-27(32)23-9-7-8-21(4)18-23/h7-19H,5-6H2,1-4H3,(H,29,33)(H,30,32)/b26-19-. The average molecular weight is 442 g/mol. The van der Waals surface area contributed by atoms with E-state index in [0.29, 0.717) is 11.3 Å². The van der Waals surface area contributed by atoms with E-state index in [4.69, 9.17) is 0 Å². The van der Waals surface area contributed by atoms with Crippen LogP contribution in [0.25, 0.3) is 6.08 Å². The molecule has 0 aliphatic rings. The van der Waals surface area contributed by atoms with Gasteiger partial charge in [0, 0.05) is 30.0 Å². The third-order valence-electron chi connectivity index (χ3n) is 5.42. The molecular weight excluding hydrogens is 410 g/mol. The number of anilines is 2. The second kappa shape index (κ2) is 11.1. The fraction of sp³-hybridized carbons (Fsp3) is 0.214. The molecule has 5 heteroatoms. The van der Waals surface area contributed by atoms with Crippen LogP contribution in [0.3, 0.4) is 0 Å². The van der Waals surface area contributed by atoms with E-state index >= 15 is 0 Å². The van der Waals surface area contributed by atoms with Crippen LogP contribution in [0, 0.1) is 13.8 Å². The molecule has 0 bridgehead atoms. The van der Waals surface area contributed by atoms with Crippen molar-refractivity contribution in [3.8, 4) is 0 Å². The Morgan fingerprint density at radius 1 is 0.848 bits per heavy atom. The first-order valence-corrected chi connectivity index (χ1v) is 11.2. The predicted molar refractivity (Wildman–Crippen MR) is 136 cm³/mol. The summed E-state index contributed by atoms with van der Waals surface area (Å²) in [7, 11) is 0. The summed E-state index contributed by atoms with van der Waals surface area (Å²) in [4.78, 5) is 28.2. The highest BCUT2D eigenvalue weighted by molar-refractivity contribution is 6.10. The molecule has 0 aliphatic carbocycles. The predicted octanol–water partition coefficient (Wildman–Crippen LogP) is 5.56. The van der Waals surface area contributed by atoms with Gasteiger partial charge in [-0.25, -0.2) is 0 Å². The molecule has 3 aromatic rings. The lowest BCUT2D eigenvalue weighted by Crippen LogP contribution is -2.30. The zero-order valence-electron chi connectivity index (χ0n) is 19.7. The Labute approximate surface area is 196 Å². The molecule has 0 aliphatic heterocycles. The van der Waals surface area contributed by atoms with Crippen LogP contribution in [0.1, 0.15) is 40.9 Å². The topological polar surface area (TPSA) is 61.4 Å². The maximum Gasteiger partial charge on any atom is 0.272 e. The number of nitrogens with zero attached hydrogens (tertiary/aromatic N) is 1. The number of benzene rings is 3. The lowest BCUT2D eigenvalue weighted by molar-refractivity contribution is -0.113. The summed E-state index contributed by atoms with van der Waals surface area (Å²) in [5.41, 5.74) is 5.36. The summed E-state index contributed by atoms with van der Waals surface area (Å²) >= 11 is 0. The van der Waals surface area contributed by atoms with Crippen molar-refractivity contribution in [2.24, 2.45) is 0 Å². The van der Waals surface area contributed by atoms with Gasteiger partial charge in [0.15, 0.2) is 0 Å². The van der Waals surface area contributed by atoms with E-state index < -0.39 is 0 Å². The zero-order chi connectivity index (χ0) is 23.8. The summed E-state index contributed by atoms with van der Waals surface area (Å²) in [6, 6.07) is 22.8. The highest BCUT2D eigenvalue weighted by Gasteiger charge is 2.15. The van der Waals surface area contributed by atoms with Crippen molar-refractivity contribution in [2.45, 2.75) is 27.7 Å². The Morgan fingerprint density at radius 3 is 2.12 bits per heavy atom.